The second-order valence-electron chi connectivity index (χ2n) is 11.9. The number of nitrogens with zero attached hydrogens (tertiary/aromatic N) is 9. The van der Waals surface area contributed by atoms with Crippen molar-refractivity contribution in [3.8, 4) is 67.9 Å². The van der Waals surface area contributed by atoms with Crippen LogP contribution in [0.1, 0.15) is 0 Å². The first kappa shape index (κ1) is 29.4. The van der Waals surface area contributed by atoms with Crippen LogP contribution in [0.3, 0.4) is 0 Å². The summed E-state index contributed by atoms with van der Waals surface area (Å²) in [5.41, 5.74) is 7.60. The minimum atomic E-state index is 0.434. The molecule has 7 heterocycles. The zero-order valence-electron chi connectivity index (χ0n) is 27.1. The molecular formula is C41H23N9O2. The number of rotatable bonds is 6. The number of furan rings is 2. The third-order valence-electron chi connectivity index (χ3n) is 8.93. The van der Waals surface area contributed by atoms with Crippen LogP contribution in [0.2, 0.25) is 0 Å². The summed E-state index contributed by atoms with van der Waals surface area (Å²) in [4.78, 5) is 34.0. The summed E-state index contributed by atoms with van der Waals surface area (Å²) < 4.78 is 13.2. The zero-order valence-corrected chi connectivity index (χ0v) is 27.1. The molecule has 0 saturated heterocycles. The van der Waals surface area contributed by atoms with Gasteiger partial charge in [0, 0.05) is 64.6 Å². The lowest BCUT2D eigenvalue weighted by atomic mass is 9.84. The molecule has 11 nitrogen and oxygen atoms in total. The summed E-state index contributed by atoms with van der Waals surface area (Å²) in [6.45, 7) is 0. The van der Waals surface area contributed by atoms with Gasteiger partial charge in [-0.25, -0.2) is 15.0 Å². The summed E-state index contributed by atoms with van der Waals surface area (Å²) in [7, 11) is 0. The highest BCUT2D eigenvalue weighted by atomic mass is 16.4. The maximum Gasteiger partial charge on any atom is 0.180 e. The molecule has 0 aliphatic rings. The van der Waals surface area contributed by atoms with Crippen molar-refractivity contribution < 1.29 is 8.83 Å². The Bertz CT molecular complexity index is 2890. The highest BCUT2D eigenvalue weighted by molar-refractivity contribution is 6.22. The highest BCUT2D eigenvalue weighted by Crippen LogP contribution is 2.55. The molecule has 244 valence electrons. The van der Waals surface area contributed by atoms with Crippen LogP contribution in [0.15, 0.2) is 150 Å². The fraction of sp³-hybridized carbons (Fsp3) is 0. The average Bonchev–Trinajstić information content (AvgIpc) is 3.90. The Hall–Kier alpha value is -7.53. The molecule has 52 heavy (non-hydrogen) atoms. The molecule has 0 aliphatic heterocycles. The summed E-state index contributed by atoms with van der Waals surface area (Å²) >= 11 is 0. The molecular weight excluding hydrogens is 651 g/mol. The molecule has 0 unspecified atom stereocenters. The molecule has 0 bridgehead atoms. The van der Waals surface area contributed by atoms with Crippen LogP contribution in [0, 0.1) is 0 Å². The van der Waals surface area contributed by atoms with Crippen molar-refractivity contribution >= 4 is 32.8 Å². The molecule has 0 atom stereocenters. The molecule has 0 radical (unpaired) electrons. The van der Waals surface area contributed by atoms with Gasteiger partial charge in [-0.15, -0.1) is 0 Å². The number of aromatic nitrogens is 9. The Morgan fingerprint density at radius 3 is 2.23 bits per heavy atom. The summed E-state index contributed by atoms with van der Waals surface area (Å²) in [5.74, 6) is 1.39. The third-order valence-corrected chi connectivity index (χ3v) is 8.93. The van der Waals surface area contributed by atoms with Gasteiger partial charge in [0.2, 0.25) is 0 Å². The minimum Gasteiger partial charge on any atom is -0.461 e. The Labute approximate surface area is 294 Å². The molecule has 7 aromatic heterocycles. The summed E-state index contributed by atoms with van der Waals surface area (Å²) in [6.07, 6.45) is 15.2. The molecule has 0 spiro atoms. The SMILES string of the molecule is c1cnc(-c2c(-c3cccnn3)c(-c3nccc4ccccc34)c3oc(-c4ccco4)c(-c4cnc5ccccc5n4)c3c2-c2cnccn2)nc1. The molecule has 0 saturated carbocycles. The molecule has 3 aromatic carbocycles. The zero-order chi connectivity index (χ0) is 34.4. The molecule has 0 N–H and O–H groups in total. The molecule has 10 aromatic rings. The number of para-hydroxylation sites is 2. The smallest absolute Gasteiger partial charge is 0.180 e. The normalized spacial score (nSPS) is 11.5. The number of hydrogen-bond donors (Lipinski definition) is 0. The van der Waals surface area contributed by atoms with Gasteiger partial charge < -0.3 is 8.83 Å². The molecule has 0 amide bonds. The first-order valence-electron chi connectivity index (χ1n) is 16.4. The standard InChI is InChI=1S/C41H23N9O2/c1-2-9-25-24(8-1)14-18-44-38(25)37-32(28-12-5-17-48-50-28)36(41-45-15-7-16-46-41)33(29-22-42-19-20-43-29)35-34(39(52-40(35)37)31-13-6-21-51-31)30-23-47-26-10-3-4-11-27(26)49-30/h1-23H. The van der Waals surface area contributed by atoms with E-state index in [1.165, 1.54) is 0 Å². The second kappa shape index (κ2) is 12.1. The molecule has 11 heteroatoms. The van der Waals surface area contributed by atoms with Crippen molar-refractivity contribution in [2.24, 2.45) is 0 Å². The number of fused-ring (bicyclic) bond motifs is 3. The van der Waals surface area contributed by atoms with E-state index in [1.54, 1.807) is 61.9 Å². The van der Waals surface area contributed by atoms with Crippen LogP contribution in [0.5, 0.6) is 0 Å². The van der Waals surface area contributed by atoms with E-state index in [2.05, 4.69) is 21.2 Å². The van der Waals surface area contributed by atoms with Crippen molar-refractivity contribution in [1.82, 2.24) is 45.1 Å². The van der Waals surface area contributed by atoms with E-state index in [1.807, 2.05) is 72.8 Å². The summed E-state index contributed by atoms with van der Waals surface area (Å²) in [6, 6.07) is 27.0. The Morgan fingerprint density at radius 1 is 0.519 bits per heavy atom. The lowest BCUT2D eigenvalue weighted by molar-refractivity contribution is 0.543. The fourth-order valence-corrected chi connectivity index (χ4v) is 6.81. The van der Waals surface area contributed by atoms with Crippen LogP contribution in [0.25, 0.3) is 101 Å². The van der Waals surface area contributed by atoms with Crippen LogP contribution >= 0.6 is 0 Å². The van der Waals surface area contributed by atoms with Crippen molar-refractivity contribution in [3.63, 3.8) is 0 Å². The number of hydrogen-bond acceptors (Lipinski definition) is 11. The Morgan fingerprint density at radius 2 is 1.40 bits per heavy atom. The molecule has 0 aliphatic carbocycles. The lowest BCUT2D eigenvalue weighted by Gasteiger charge is -2.20. The topological polar surface area (TPSA) is 142 Å². The van der Waals surface area contributed by atoms with Gasteiger partial charge in [0.1, 0.15) is 5.58 Å². The second-order valence-corrected chi connectivity index (χ2v) is 11.9. The van der Waals surface area contributed by atoms with Gasteiger partial charge in [-0.2, -0.15) is 10.2 Å². The highest BCUT2D eigenvalue weighted by Gasteiger charge is 2.34. The van der Waals surface area contributed by atoms with E-state index in [0.717, 1.165) is 21.8 Å². The number of benzene rings is 3. The molecule has 10 rings (SSSR count). The van der Waals surface area contributed by atoms with E-state index in [0.29, 0.717) is 78.9 Å². The maximum absolute atomic E-state index is 7.12. The van der Waals surface area contributed by atoms with Gasteiger partial charge in [0.05, 0.1) is 63.6 Å². The number of pyridine rings is 1. The lowest BCUT2D eigenvalue weighted by Crippen LogP contribution is -2.02. The molecule has 0 fully saturated rings. The maximum atomic E-state index is 7.12. The van der Waals surface area contributed by atoms with Crippen molar-refractivity contribution in [1.29, 1.82) is 0 Å². The Kier molecular flexibility index (Phi) is 6.84. The van der Waals surface area contributed by atoms with Gasteiger partial charge >= 0.3 is 0 Å². The largest absolute Gasteiger partial charge is 0.461 e. The van der Waals surface area contributed by atoms with Crippen molar-refractivity contribution in [2.45, 2.75) is 0 Å². The van der Waals surface area contributed by atoms with Gasteiger partial charge in [0.25, 0.3) is 0 Å². The predicted octanol–water partition coefficient (Wildman–Crippen LogP) is 8.89. The van der Waals surface area contributed by atoms with E-state index < -0.39 is 0 Å². The van der Waals surface area contributed by atoms with Crippen LogP contribution in [0.4, 0.5) is 0 Å². The van der Waals surface area contributed by atoms with Gasteiger partial charge in [-0.1, -0.05) is 36.4 Å². The first-order chi connectivity index (χ1) is 25.8. The minimum absolute atomic E-state index is 0.434. The van der Waals surface area contributed by atoms with E-state index in [-0.39, 0.29) is 0 Å². The fourth-order valence-electron chi connectivity index (χ4n) is 6.81. The van der Waals surface area contributed by atoms with E-state index in [4.69, 9.17) is 38.7 Å². The van der Waals surface area contributed by atoms with Gasteiger partial charge in [-0.05, 0) is 53.9 Å². The van der Waals surface area contributed by atoms with Gasteiger partial charge in [0.15, 0.2) is 17.3 Å². The van der Waals surface area contributed by atoms with Gasteiger partial charge in [-0.3, -0.25) is 19.9 Å². The third kappa shape index (κ3) is 4.71. The Balaban J connectivity index is 1.51. The predicted molar refractivity (Wildman–Crippen MR) is 196 cm³/mol. The van der Waals surface area contributed by atoms with Crippen LogP contribution in [-0.4, -0.2) is 45.1 Å². The van der Waals surface area contributed by atoms with E-state index >= 15 is 0 Å². The van der Waals surface area contributed by atoms with Crippen LogP contribution in [-0.2, 0) is 0 Å². The summed E-state index contributed by atoms with van der Waals surface area (Å²) in [5, 5.41) is 11.6. The quantitative estimate of drug-likeness (QED) is 0.167. The van der Waals surface area contributed by atoms with Crippen LogP contribution < -0.4 is 0 Å². The van der Waals surface area contributed by atoms with E-state index in [9.17, 15) is 0 Å². The first-order valence-corrected chi connectivity index (χ1v) is 16.4. The monoisotopic (exact) mass is 673 g/mol. The van der Waals surface area contributed by atoms with Crippen molar-refractivity contribution in [2.75, 3.05) is 0 Å². The average molecular weight is 674 g/mol. The van der Waals surface area contributed by atoms with Crippen molar-refractivity contribution in [3.05, 3.63) is 141 Å².